The van der Waals surface area contributed by atoms with Gasteiger partial charge in [-0.2, -0.15) is 0 Å². The van der Waals surface area contributed by atoms with Crippen LogP contribution in [0.3, 0.4) is 0 Å². The molecule has 2 aromatic rings. The van der Waals surface area contributed by atoms with E-state index in [1.807, 2.05) is 0 Å². The fourth-order valence-electron chi connectivity index (χ4n) is 2.14. The maximum Gasteiger partial charge on any atom is 0.264 e. The second-order valence-electron chi connectivity index (χ2n) is 5.62. The number of nitrogens with one attached hydrogen (secondary N) is 2. The van der Waals surface area contributed by atoms with Gasteiger partial charge in [-0.3, -0.25) is 9.52 Å². The van der Waals surface area contributed by atoms with Gasteiger partial charge in [-0.25, -0.2) is 21.6 Å². The lowest BCUT2D eigenvalue weighted by Gasteiger charge is -2.10. The van der Waals surface area contributed by atoms with Crippen LogP contribution in [0, 0.1) is 23.4 Å². The first kappa shape index (κ1) is 17.3. The molecule has 0 aliphatic heterocycles. The van der Waals surface area contributed by atoms with E-state index in [4.69, 9.17) is 0 Å². The van der Waals surface area contributed by atoms with Crippen molar-refractivity contribution < 1.29 is 26.4 Å². The minimum absolute atomic E-state index is 0.0227. The lowest BCUT2D eigenvalue weighted by molar-refractivity contribution is -0.117. The highest BCUT2D eigenvalue weighted by Crippen LogP contribution is 2.30. The monoisotopic (exact) mass is 370 g/mol. The van der Waals surface area contributed by atoms with E-state index in [9.17, 15) is 26.4 Å². The van der Waals surface area contributed by atoms with E-state index in [0.717, 1.165) is 12.8 Å². The lowest BCUT2D eigenvalue weighted by atomic mass is 10.2. The minimum Gasteiger partial charge on any atom is -0.326 e. The van der Waals surface area contributed by atoms with Crippen molar-refractivity contribution in [1.29, 1.82) is 0 Å². The van der Waals surface area contributed by atoms with Crippen molar-refractivity contribution in [3.8, 4) is 0 Å². The SMILES string of the molecule is O=C(Nc1ccc(NS(=O)(=O)c2ccc(F)c(F)c2F)cc1)C1CC1. The largest absolute Gasteiger partial charge is 0.326 e. The van der Waals surface area contributed by atoms with Gasteiger partial charge in [-0.15, -0.1) is 0 Å². The predicted molar refractivity (Wildman–Crippen MR) is 84.9 cm³/mol. The number of anilines is 2. The van der Waals surface area contributed by atoms with E-state index >= 15 is 0 Å². The van der Waals surface area contributed by atoms with Crippen LogP contribution in [0.2, 0.25) is 0 Å². The Kier molecular flexibility index (Phi) is 4.42. The van der Waals surface area contributed by atoms with Crippen molar-refractivity contribution in [2.75, 3.05) is 10.0 Å². The molecule has 2 N–H and O–H groups in total. The fourth-order valence-corrected chi connectivity index (χ4v) is 3.27. The van der Waals surface area contributed by atoms with Gasteiger partial charge in [0.2, 0.25) is 5.91 Å². The molecule has 0 aromatic heterocycles. The van der Waals surface area contributed by atoms with Gasteiger partial charge < -0.3 is 5.32 Å². The molecule has 1 fully saturated rings. The smallest absolute Gasteiger partial charge is 0.264 e. The van der Waals surface area contributed by atoms with Crippen LogP contribution in [0.4, 0.5) is 24.5 Å². The Morgan fingerprint density at radius 1 is 0.920 bits per heavy atom. The first-order chi connectivity index (χ1) is 11.8. The molecule has 9 heteroatoms. The van der Waals surface area contributed by atoms with Crippen LogP contribution in [0.15, 0.2) is 41.3 Å². The van der Waals surface area contributed by atoms with Crippen molar-refractivity contribution in [2.45, 2.75) is 17.7 Å². The normalized spacial score (nSPS) is 14.2. The molecule has 0 radical (unpaired) electrons. The summed E-state index contributed by atoms with van der Waals surface area (Å²) in [5.41, 5.74) is 0.562. The molecule has 0 saturated heterocycles. The van der Waals surface area contributed by atoms with Gasteiger partial charge in [0.1, 0.15) is 4.90 Å². The van der Waals surface area contributed by atoms with E-state index in [1.54, 1.807) is 0 Å². The zero-order chi connectivity index (χ0) is 18.2. The number of sulfonamides is 1. The van der Waals surface area contributed by atoms with Gasteiger partial charge in [0, 0.05) is 17.3 Å². The summed E-state index contributed by atoms with van der Waals surface area (Å²) in [6.45, 7) is 0. The third-order valence-electron chi connectivity index (χ3n) is 3.64. The first-order valence-electron chi connectivity index (χ1n) is 7.35. The summed E-state index contributed by atoms with van der Waals surface area (Å²) in [5.74, 6) is -5.21. The topological polar surface area (TPSA) is 75.3 Å². The quantitative estimate of drug-likeness (QED) is 0.794. The van der Waals surface area contributed by atoms with E-state index < -0.39 is 32.4 Å². The summed E-state index contributed by atoms with van der Waals surface area (Å²) in [6, 6.07) is 6.83. The van der Waals surface area contributed by atoms with Crippen molar-refractivity contribution >= 4 is 27.3 Å². The Hall–Kier alpha value is -2.55. The second-order valence-corrected chi connectivity index (χ2v) is 7.27. The Bertz CT molecular complexity index is 926. The van der Waals surface area contributed by atoms with Crippen LogP contribution < -0.4 is 10.0 Å². The molecule has 0 bridgehead atoms. The zero-order valence-corrected chi connectivity index (χ0v) is 13.5. The van der Waals surface area contributed by atoms with E-state index in [2.05, 4.69) is 10.0 Å². The summed E-state index contributed by atoms with van der Waals surface area (Å²) in [4.78, 5) is 10.6. The average molecular weight is 370 g/mol. The van der Waals surface area contributed by atoms with Gasteiger partial charge in [-0.1, -0.05) is 0 Å². The zero-order valence-electron chi connectivity index (χ0n) is 12.7. The maximum absolute atomic E-state index is 13.7. The fraction of sp³-hybridized carbons (Fsp3) is 0.188. The van der Waals surface area contributed by atoms with Crippen LogP contribution in [0.1, 0.15) is 12.8 Å². The molecule has 1 amide bonds. The van der Waals surface area contributed by atoms with Crippen molar-refractivity contribution in [1.82, 2.24) is 0 Å². The molecule has 2 aromatic carbocycles. The number of carbonyl (C=O) groups is 1. The van der Waals surface area contributed by atoms with Crippen LogP contribution in [-0.2, 0) is 14.8 Å². The molecule has 0 unspecified atom stereocenters. The summed E-state index contributed by atoms with van der Waals surface area (Å²) >= 11 is 0. The Balaban J connectivity index is 1.76. The van der Waals surface area contributed by atoms with Crippen molar-refractivity contribution in [3.63, 3.8) is 0 Å². The standard InChI is InChI=1S/C16H13F3N2O3S/c17-12-7-8-13(15(19)14(12)18)25(23,24)21-11-5-3-10(4-6-11)20-16(22)9-1-2-9/h3-9,21H,1-2H2,(H,20,22). The molecule has 132 valence electrons. The molecule has 3 rings (SSSR count). The minimum atomic E-state index is -4.44. The van der Waals surface area contributed by atoms with Crippen LogP contribution in [-0.4, -0.2) is 14.3 Å². The number of hydrogen-bond acceptors (Lipinski definition) is 3. The highest BCUT2D eigenvalue weighted by Gasteiger charge is 2.29. The molecule has 1 aliphatic carbocycles. The number of benzene rings is 2. The molecule has 5 nitrogen and oxygen atoms in total. The van der Waals surface area contributed by atoms with Gasteiger partial charge in [0.05, 0.1) is 0 Å². The first-order valence-corrected chi connectivity index (χ1v) is 8.83. The Morgan fingerprint density at radius 2 is 1.52 bits per heavy atom. The van der Waals surface area contributed by atoms with Gasteiger partial charge >= 0.3 is 0 Å². The molecule has 0 heterocycles. The van der Waals surface area contributed by atoms with Gasteiger partial charge in [0.25, 0.3) is 10.0 Å². The third-order valence-corrected chi connectivity index (χ3v) is 5.04. The van der Waals surface area contributed by atoms with Gasteiger partial charge in [0.15, 0.2) is 17.5 Å². The molecular weight excluding hydrogens is 357 g/mol. The number of hydrogen-bond donors (Lipinski definition) is 2. The van der Waals surface area contributed by atoms with Crippen molar-refractivity contribution in [3.05, 3.63) is 53.8 Å². The van der Waals surface area contributed by atoms with E-state index in [1.165, 1.54) is 24.3 Å². The number of rotatable bonds is 5. The molecule has 0 spiro atoms. The summed E-state index contributed by atoms with van der Waals surface area (Å²) in [7, 11) is -4.44. The van der Waals surface area contributed by atoms with E-state index in [-0.39, 0.29) is 17.5 Å². The lowest BCUT2D eigenvalue weighted by Crippen LogP contribution is -2.16. The molecule has 25 heavy (non-hydrogen) atoms. The third kappa shape index (κ3) is 3.76. The Labute approximate surface area is 141 Å². The van der Waals surface area contributed by atoms with Crippen LogP contribution in [0.25, 0.3) is 0 Å². The number of amides is 1. The molecule has 1 aliphatic rings. The van der Waals surface area contributed by atoms with E-state index in [0.29, 0.717) is 17.8 Å². The molecule has 0 atom stereocenters. The maximum atomic E-state index is 13.7. The number of halogens is 3. The highest BCUT2D eigenvalue weighted by atomic mass is 32.2. The second kappa shape index (κ2) is 6.40. The van der Waals surface area contributed by atoms with Crippen LogP contribution in [0.5, 0.6) is 0 Å². The van der Waals surface area contributed by atoms with Gasteiger partial charge in [-0.05, 0) is 49.2 Å². The number of carbonyl (C=O) groups excluding carboxylic acids is 1. The van der Waals surface area contributed by atoms with Crippen LogP contribution >= 0.6 is 0 Å². The van der Waals surface area contributed by atoms with Crippen molar-refractivity contribution in [2.24, 2.45) is 5.92 Å². The summed E-state index contributed by atoms with van der Waals surface area (Å²) < 4.78 is 66.2. The summed E-state index contributed by atoms with van der Waals surface area (Å²) in [6.07, 6.45) is 1.70. The Morgan fingerprint density at radius 3 is 2.12 bits per heavy atom. The molecule has 1 saturated carbocycles. The predicted octanol–water partition coefficient (Wildman–Crippen LogP) is 3.25. The average Bonchev–Trinajstić information content (AvgIpc) is 3.39. The molecular formula is C16H13F3N2O3S. The highest BCUT2D eigenvalue weighted by molar-refractivity contribution is 7.92. The summed E-state index contributed by atoms with van der Waals surface area (Å²) in [5, 5.41) is 2.68.